The number of carbonyl (C=O) groups excluding carboxylic acids is 1. The molecule has 3 aliphatic rings. The number of aliphatic carboxylic acids is 1. The number of hydrogen-bond acceptors (Lipinski definition) is 3. The molecule has 0 unspecified atom stereocenters. The Morgan fingerprint density at radius 1 is 1.38 bits per heavy atom. The van der Waals surface area contributed by atoms with Gasteiger partial charge in [0.1, 0.15) is 11.5 Å². The first-order valence-corrected chi connectivity index (χ1v) is 7.07. The fourth-order valence-electron chi connectivity index (χ4n) is 3.62. The maximum absolute atomic E-state index is 12.7. The molecule has 5 nitrogen and oxygen atoms in total. The average molecular weight is 306 g/mol. The topological polar surface area (TPSA) is 66.8 Å². The highest BCUT2D eigenvalue weighted by Gasteiger charge is 2.67. The van der Waals surface area contributed by atoms with E-state index >= 15 is 0 Å². The van der Waals surface area contributed by atoms with Gasteiger partial charge < -0.3 is 14.7 Å². The van der Waals surface area contributed by atoms with Crippen molar-refractivity contribution >= 4 is 29.2 Å². The molecule has 3 aliphatic heterocycles. The summed E-state index contributed by atoms with van der Waals surface area (Å²) >= 11 is 5.86. The van der Waals surface area contributed by atoms with Gasteiger partial charge in [0, 0.05) is 10.7 Å². The van der Waals surface area contributed by atoms with E-state index in [9.17, 15) is 14.7 Å². The van der Waals surface area contributed by atoms with Crippen molar-refractivity contribution in [1.82, 2.24) is 0 Å². The van der Waals surface area contributed by atoms with Crippen LogP contribution in [0, 0.1) is 11.8 Å². The lowest BCUT2D eigenvalue weighted by molar-refractivity contribution is -0.146. The minimum absolute atomic E-state index is 0.198. The number of ether oxygens (including phenoxy) is 1. The third-order valence-corrected chi connectivity index (χ3v) is 4.78. The summed E-state index contributed by atoms with van der Waals surface area (Å²) in [5.41, 5.74) is -0.0949. The van der Waals surface area contributed by atoms with Crippen molar-refractivity contribution in [3.63, 3.8) is 0 Å². The third kappa shape index (κ3) is 1.61. The molecule has 0 aromatic heterocycles. The van der Waals surface area contributed by atoms with Crippen molar-refractivity contribution in [2.24, 2.45) is 11.8 Å². The van der Waals surface area contributed by atoms with Crippen LogP contribution in [0.3, 0.4) is 0 Å². The van der Waals surface area contributed by atoms with Crippen LogP contribution in [0.25, 0.3) is 0 Å². The molecule has 1 N–H and O–H groups in total. The second-order valence-corrected chi connectivity index (χ2v) is 6.08. The van der Waals surface area contributed by atoms with Gasteiger partial charge in [-0.1, -0.05) is 23.8 Å². The zero-order valence-electron chi connectivity index (χ0n) is 10.9. The summed E-state index contributed by atoms with van der Waals surface area (Å²) in [7, 11) is 0. The summed E-state index contributed by atoms with van der Waals surface area (Å²) in [6.07, 6.45) is 3.10. The van der Waals surface area contributed by atoms with Crippen LogP contribution in [0.1, 0.15) is 0 Å². The van der Waals surface area contributed by atoms with Gasteiger partial charge in [0.2, 0.25) is 5.91 Å². The van der Waals surface area contributed by atoms with E-state index in [1.165, 1.54) is 0 Å². The third-order valence-electron chi connectivity index (χ3n) is 4.52. The van der Waals surface area contributed by atoms with Gasteiger partial charge in [-0.15, -0.1) is 0 Å². The summed E-state index contributed by atoms with van der Waals surface area (Å²) in [6.45, 7) is 0.342. The maximum Gasteiger partial charge on any atom is 0.310 e. The first kappa shape index (κ1) is 12.9. The minimum Gasteiger partial charge on any atom is -0.481 e. The van der Waals surface area contributed by atoms with Crippen molar-refractivity contribution < 1.29 is 19.4 Å². The molecular formula is C15H12ClNO4. The van der Waals surface area contributed by atoms with Crippen LogP contribution in [-0.2, 0) is 14.3 Å². The van der Waals surface area contributed by atoms with Crippen LogP contribution >= 0.6 is 11.6 Å². The predicted molar refractivity (Wildman–Crippen MR) is 75.2 cm³/mol. The highest BCUT2D eigenvalue weighted by atomic mass is 35.5. The fraction of sp³-hybridized carbons (Fsp3) is 0.333. The molecule has 1 aromatic rings. The quantitative estimate of drug-likeness (QED) is 0.845. The fourth-order valence-corrected chi connectivity index (χ4v) is 3.75. The zero-order valence-corrected chi connectivity index (χ0v) is 11.7. The van der Waals surface area contributed by atoms with Crippen LogP contribution in [0.5, 0.6) is 0 Å². The number of rotatable bonds is 2. The number of carboxylic acid groups (broad SMARTS) is 1. The van der Waals surface area contributed by atoms with E-state index in [4.69, 9.17) is 16.3 Å². The monoisotopic (exact) mass is 305 g/mol. The van der Waals surface area contributed by atoms with Crippen molar-refractivity contribution in [2.45, 2.75) is 11.7 Å². The molecule has 0 radical (unpaired) electrons. The number of halogens is 1. The Hall–Kier alpha value is -1.85. The van der Waals surface area contributed by atoms with Gasteiger partial charge in [-0.3, -0.25) is 9.59 Å². The second-order valence-electron chi connectivity index (χ2n) is 5.64. The summed E-state index contributed by atoms with van der Waals surface area (Å²) in [5, 5.41) is 9.98. The molecule has 0 saturated carbocycles. The summed E-state index contributed by atoms with van der Waals surface area (Å²) in [6, 6.07) is 6.92. The van der Waals surface area contributed by atoms with E-state index in [1.54, 1.807) is 35.2 Å². The molecule has 1 spiro atoms. The first-order chi connectivity index (χ1) is 10.0. The van der Waals surface area contributed by atoms with Crippen molar-refractivity contribution in [3.05, 3.63) is 41.4 Å². The molecule has 1 aromatic carbocycles. The van der Waals surface area contributed by atoms with E-state index in [0.29, 0.717) is 17.3 Å². The molecule has 2 fully saturated rings. The van der Waals surface area contributed by atoms with Crippen LogP contribution < -0.4 is 4.90 Å². The van der Waals surface area contributed by atoms with Crippen LogP contribution in [0.4, 0.5) is 5.69 Å². The van der Waals surface area contributed by atoms with Gasteiger partial charge in [-0.25, -0.2) is 0 Å². The van der Waals surface area contributed by atoms with Gasteiger partial charge in [0.25, 0.3) is 0 Å². The molecular weight excluding hydrogens is 294 g/mol. The van der Waals surface area contributed by atoms with Gasteiger partial charge in [-0.05, 0) is 24.3 Å². The van der Waals surface area contributed by atoms with E-state index in [-0.39, 0.29) is 5.91 Å². The van der Waals surface area contributed by atoms with Gasteiger partial charge in [-0.2, -0.15) is 0 Å². The van der Waals surface area contributed by atoms with E-state index < -0.39 is 29.5 Å². The molecule has 4 atom stereocenters. The van der Waals surface area contributed by atoms with E-state index in [1.807, 2.05) is 6.08 Å². The summed E-state index contributed by atoms with van der Waals surface area (Å²) in [5.74, 6) is -2.64. The minimum atomic E-state index is -0.984. The SMILES string of the molecule is O=C(O)[C@@H]1[C@H]2C(=O)N(c3ccc(Cl)cc3)C[C@@]23C=C[C@H]1O3. The van der Waals surface area contributed by atoms with Crippen LogP contribution in [0.15, 0.2) is 36.4 Å². The Bertz CT molecular complexity index is 671. The number of benzene rings is 1. The number of fused-ring (bicyclic) bond motifs is 1. The van der Waals surface area contributed by atoms with Crippen molar-refractivity contribution in [2.75, 3.05) is 11.4 Å². The predicted octanol–water partition coefficient (Wildman–Crippen LogP) is 1.71. The number of carboxylic acids is 1. The smallest absolute Gasteiger partial charge is 0.310 e. The highest BCUT2D eigenvalue weighted by molar-refractivity contribution is 6.30. The second kappa shape index (κ2) is 4.08. The Morgan fingerprint density at radius 2 is 2.10 bits per heavy atom. The standard InChI is InChI=1S/C15H12ClNO4/c16-8-1-3-9(4-2-8)17-7-15-6-5-10(21-15)11(14(19)20)12(15)13(17)18/h1-6,10-12H,7H2,(H,19,20)/t10-,11+,12+,15+/m1/s1. The number of amides is 1. The van der Waals surface area contributed by atoms with Crippen molar-refractivity contribution in [3.8, 4) is 0 Å². The van der Waals surface area contributed by atoms with Gasteiger partial charge >= 0.3 is 5.97 Å². The Morgan fingerprint density at radius 3 is 2.76 bits per heavy atom. The summed E-state index contributed by atoms with van der Waals surface area (Å²) in [4.78, 5) is 25.7. The van der Waals surface area contributed by atoms with Crippen LogP contribution in [-0.4, -0.2) is 35.2 Å². The number of nitrogens with zero attached hydrogens (tertiary/aromatic N) is 1. The largest absolute Gasteiger partial charge is 0.481 e. The molecule has 21 heavy (non-hydrogen) atoms. The van der Waals surface area contributed by atoms with Gasteiger partial charge in [0.05, 0.1) is 18.6 Å². The zero-order chi connectivity index (χ0) is 14.8. The lowest BCUT2D eigenvalue weighted by atomic mass is 9.77. The molecule has 0 aliphatic carbocycles. The molecule has 3 heterocycles. The molecule has 4 rings (SSSR count). The van der Waals surface area contributed by atoms with E-state index in [2.05, 4.69) is 0 Å². The van der Waals surface area contributed by atoms with Gasteiger partial charge in [0.15, 0.2) is 0 Å². The number of carbonyl (C=O) groups is 2. The molecule has 6 heteroatoms. The number of anilines is 1. The van der Waals surface area contributed by atoms with Crippen molar-refractivity contribution in [1.29, 1.82) is 0 Å². The normalized spacial score (nSPS) is 36.3. The number of hydrogen-bond donors (Lipinski definition) is 1. The lowest BCUT2D eigenvalue weighted by Crippen LogP contribution is -2.39. The molecule has 2 saturated heterocycles. The summed E-state index contributed by atoms with van der Waals surface area (Å²) < 4.78 is 5.82. The Labute approximate surface area is 125 Å². The molecule has 2 bridgehead atoms. The first-order valence-electron chi connectivity index (χ1n) is 6.69. The maximum atomic E-state index is 12.7. The lowest BCUT2D eigenvalue weighted by Gasteiger charge is -2.21. The van der Waals surface area contributed by atoms with Crippen LogP contribution in [0.2, 0.25) is 5.02 Å². The Balaban J connectivity index is 1.73. The molecule has 1 amide bonds. The molecule has 108 valence electrons. The Kier molecular flexibility index (Phi) is 2.50. The van der Waals surface area contributed by atoms with E-state index in [0.717, 1.165) is 0 Å². The highest BCUT2D eigenvalue weighted by Crippen LogP contribution is 2.52. The average Bonchev–Trinajstić information content (AvgIpc) is 3.08.